The number of halogens is 1. The van der Waals surface area contributed by atoms with Gasteiger partial charge in [0.15, 0.2) is 0 Å². The fourth-order valence-electron chi connectivity index (χ4n) is 3.88. The van der Waals surface area contributed by atoms with Crippen LogP contribution in [0.1, 0.15) is 11.1 Å². The number of nitrogens with one attached hydrogen (secondary N) is 1. The van der Waals surface area contributed by atoms with Crippen LogP contribution >= 0.6 is 11.6 Å². The Labute approximate surface area is 186 Å². The molecule has 0 bridgehead atoms. The van der Waals surface area contributed by atoms with Crippen LogP contribution in [-0.2, 0) is 17.6 Å². The first-order valence-corrected chi connectivity index (χ1v) is 10.5. The maximum absolute atomic E-state index is 13.5. The Hall–Kier alpha value is -3.31. The van der Waals surface area contributed by atoms with Crippen LogP contribution in [0.5, 0.6) is 5.75 Å². The number of nitrogens with zero attached hydrogens (tertiary/aromatic N) is 1. The van der Waals surface area contributed by atoms with E-state index in [4.69, 9.17) is 16.3 Å². The Balaban J connectivity index is 1.53. The van der Waals surface area contributed by atoms with Gasteiger partial charge in [0.05, 0.1) is 11.6 Å². The zero-order chi connectivity index (χ0) is 21.7. The summed E-state index contributed by atoms with van der Waals surface area (Å²) in [6.45, 7) is 0.302. The molecule has 1 aliphatic rings. The number of rotatable bonds is 8. The molecule has 5 nitrogen and oxygen atoms in total. The number of ether oxygens (including phenoxy) is 1. The second-order valence-corrected chi connectivity index (χ2v) is 7.98. The van der Waals surface area contributed by atoms with Crippen molar-refractivity contribution in [3.8, 4) is 5.75 Å². The molecule has 31 heavy (non-hydrogen) atoms. The first-order valence-electron chi connectivity index (χ1n) is 10.2. The van der Waals surface area contributed by atoms with Crippen LogP contribution in [0.15, 0.2) is 84.9 Å². The molecule has 0 aliphatic carbocycles. The van der Waals surface area contributed by atoms with Gasteiger partial charge in [0.25, 0.3) is 5.91 Å². The molecular weight excluding hydrogens is 412 g/mol. The standard InChI is InChI=1S/C25H23ClN2O3/c26-21-13-7-8-14-22(21)31-16-15-28-23(29)25(27-24(28)30,17-19-9-3-1-4-10-19)18-20-11-5-2-6-12-20/h1-14H,15-18H2,(H,27,30). The number of urea groups is 1. The number of hydrogen-bond donors (Lipinski definition) is 1. The maximum Gasteiger partial charge on any atom is 0.325 e. The lowest BCUT2D eigenvalue weighted by Crippen LogP contribution is -2.51. The quantitative estimate of drug-likeness (QED) is 0.531. The average Bonchev–Trinajstić information content (AvgIpc) is 3.00. The minimum Gasteiger partial charge on any atom is -0.490 e. The summed E-state index contributed by atoms with van der Waals surface area (Å²) >= 11 is 6.12. The van der Waals surface area contributed by atoms with Crippen molar-refractivity contribution in [3.63, 3.8) is 0 Å². The van der Waals surface area contributed by atoms with Gasteiger partial charge in [-0.25, -0.2) is 4.79 Å². The van der Waals surface area contributed by atoms with Crippen LogP contribution in [0.3, 0.4) is 0 Å². The molecular formula is C25H23ClN2O3. The van der Waals surface area contributed by atoms with Gasteiger partial charge in [-0.1, -0.05) is 84.4 Å². The Bertz CT molecular complexity index is 1020. The van der Waals surface area contributed by atoms with E-state index in [0.29, 0.717) is 23.6 Å². The first-order chi connectivity index (χ1) is 15.1. The number of hydrogen-bond acceptors (Lipinski definition) is 3. The lowest BCUT2D eigenvalue weighted by molar-refractivity contribution is -0.131. The largest absolute Gasteiger partial charge is 0.490 e. The van der Waals surface area contributed by atoms with E-state index in [0.717, 1.165) is 11.1 Å². The van der Waals surface area contributed by atoms with Crippen LogP contribution in [-0.4, -0.2) is 35.5 Å². The molecule has 3 aromatic rings. The van der Waals surface area contributed by atoms with E-state index < -0.39 is 11.6 Å². The minimum atomic E-state index is -1.04. The minimum absolute atomic E-state index is 0.140. The summed E-state index contributed by atoms with van der Waals surface area (Å²) < 4.78 is 5.69. The number of carbonyl (C=O) groups excluding carboxylic acids is 2. The molecule has 3 amide bonds. The third kappa shape index (κ3) is 4.72. The fraction of sp³-hybridized carbons (Fsp3) is 0.200. The first kappa shape index (κ1) is 20.9. The lowest BCUT2D eigenvalue weighted by Gasteiger charge is -2.27. The Kier molecular flexibility index (Phi) is 6.23. The van der Waals surface area contributed by atoms with Crippen LogP contribution in [0.4, 0.5) is 4.79 Å². The number of benzene rings is 3. The zero-order valence-electron chi connectivity index (χ0n) is 17.0. The summed E-state index contributed by atoms with van der Waals surface area (Å²) in [6, 6.07) is 26.2. The normalized spacial score (nSPS) is 15.1. The second kappa shape index (κ2) is 9.23. The summed E-state index contributed by atoms with van der Waals surface area (Å²) in [4.78, 5) is 27.6. The molecule has 0 spiro atoms. The van der Waals surface area contributed by atoms with Crippen LogP contribution in [0.25, 0.3) is 0 Å². The second-order valence-electron chi connectivity index (χ2n) is 7.57. The van der Waals surface area contributed by atoms with Crippen molar-refractivity contribution >= 4 is 23.5 Å². The van der Waals surface area contributed by atoms with E-state index >= 15 is 0 Å². The molecule has 1 fully saturated rings. The van der Waals surface area contributed by atoms with Gasteiger partial charge in [-0.3, -0.25) is 9.69 Å². The van der Waals surface area contributed by atoms with Crippen molar-refractivity contribution in [2.75, 3.05) is 13.2 Å². The molecule has 1 heterocycles. The van der Waals surface area contributed by atoms with Gasteiger partial charge in [-0.15, -0.1) is 0 Å². The smallest absolute Gasteiger partial charge is 0.325 e. The van der Waals surface area contributed by atoms with Crippen molar-refractivity contribution in [2.24, 2.45) is 0 Å². The number of imide groups is 1. The molecule has 158 valence electrons. The molecule has 0 aromatic heterocycles. The third-order valence-electron chi connectivity index (χ3n) is 5.35. The van der Waals surface area contributed by atoms with Crippen molar-refractivity contribution < 1.29 is 14.3 Å². The Morgan fingerprint density at radius 2 is 1.35 bits per heavy atom. The van der Waals surface area contributed by atoms with E-state index in [2.05, 4.69) is 5.32 Å². The summed E-state index contributed by atoms with van der Waals surface area (Å²) in [6.07, 6.45) is 0.824. The highest BCUT2D eigenvalue weighted by atomic mass is 35.5. The van der Waals surface area contributed by atoms with Gasteiger partial charge in [-0.2, -0.15) is 0 Å². The van der Waals surface area contributed by atoms with Gasteiger partial charge >= 0.3 is 6.03 Å². The van der Waals surface area contributed by atoms with Gasteiger partial charge in [0.1, 0.15) is 17.9 Å². The monoisotopic (exact) mass is 434 g/mol. The van der Waals surface area contributed by atoms with Gasteiger partial charge < -0.3 is 10.1 Å². The molecule has 1 aliphatic heterocycles. The van der Waals surface area contributed by atoms with E-state index in [1.165, 1.54) is 4.90 Å². The number of amides is 3. The summed E-state index contributed by atoms with van der Waals surface area (Å²) in [7, 11) is 0. The zero-order valence-corrected chi connectivity index (χ0v) is 17.7. The summed E-state index contributed by atoms with van der Waals surface area (Å²) in [5.41, 5.74) is 0.937. The molecule has 0 saturated carbocycles. The highest BCUT2D eigenvalue weighted by Crippen LogP contribution is 2.28. The van der Waals surface area contributed by atoms with E-state index in [1.54, 1.807) is 12.1 Å². The predicted octanol–water partition coefficient (Wildman–Crippen LogP) is 4.49. The molecule has 3 aromatic carbocycles. The van der Waals surface area contributed by atoms with Gasteiger partial charge in [0, 0.05) is 12.8 Å². The summed E-state index contributed by atoms with van der Waals surface area (Å²) in [5, 5.41) is 3.47. The number of carbonyl (C=O) groups is 2. The molecule has 6 heteroatoms. The maximum atomic E-state index is 13.5. The van der Waals surface area contributed by atoms with Crippen molar-refractivity contribution in [3.05, 3.63) is 101 Å². The SMILES string of the molecule is O=C1NC(Cc2ccccc2)(Cc2ccccc2)C(=O)N1CCOc1ccccc1Cl. The highest BCUT2D eigenvalue weighted by Gasteiger charge is 2.50. The van der Waals surface area contributed by atoms with Gasteiger partial charge in [0.2, 0.25) is 0 Å². The van der Waals surface area contributed by atoms with Gasteiger partial charge in [-0.05, 0) is 23.3 Å². The Morgan fingerprint density at radius 1 is 0.806 bits per heavy atom. The third-order valence-corrected chi connectivity index (χ3v) is 5.66. The summed E-state index contributed by atoms with van der Waals surface area (Å²) in [5.74, 6) is 0.281. The molecule has 0 radical (unpaired) electrons. The highest BCUT2D eigenvalue weighted by molar-refractivity contribution is 6.32. The van der Waals surface area contributed by atoms with Crippen molar-refractivity contribution in [1.29, 1.82) is 0 Å². The van der Waals surface area contributed by atoms with Crippen LogP contribution in [0.2, 0.25) is 5.02 Å². The molecule has 1 saturated heterocycles. The molecule has 0 atom stereocenters. The predicted molar refractivity (Wildman–Crippen MR) is 120 cm³/mol. The molecule has 1 N–H and O–H groups in total. The molecule has 4 rings (SSSR count). The van der Waals surface area contributed by atoms with Crippen LogP contribution in [0, 0.1) is 0 Å². The Morgan fingerprint density at radius 3 is 1.94 bits per heavy atom. The topological polar surface area (TPSA) is 58.6 Å². The van der Waals surface area contributed by atoms with Crippen molar-refractivity contribution in [2.45, 2.75) is 18.4 Å². The van der Waals surface area contributed by atoms with E-state index in [9.17, 15) is 9.59 Å². The van der Waals surface area contributed by atoms with Crippen molar-refractivity contribution in [1.82, 2.24) is 10.2 Å². The van der Waals surface area contributed by atoms with E-state index in [1.807, 2.05) is 72.8 Å². The van der Waals surface area contributed by atoms with E-state index in [-0.39, 0.29) is 19.1 Å². The fourth-order valence-corrected chi connectivity index (χ4v) is 4.07. The average molecular weight is 435 g/mol. The van der Waals surface area contributed by atoms with Crippen LogP contribution < -0.4 is 10.1 Å². The number of para-hydroxylation sites is 1. The molecule has 0 unspecified atom stereocenters. The lowest BCUT2D eigenvalue weighted by atomic mass is 9.84.